The van der Waals surface area contributed by atoms with Crippen molar-refractivity contribution in [1.29, 1.82) is 0 Å². The molecular weight excluding hydrogens is 1270 g/mol. The third-order valence-electron chi connectivity index (χ3n) is 20.6. The number of para-hydroxylation sites is 3. The maximum absolute atomic E-state index is 13.0. The molecule has 13 aromatic rings. The Labute approximate surface area is 581 Å². The number of morpholine rings is 1. The molecule has 0 unspecified atom stereocenters. The number of aromatic nitrogens is 13. The van der Waals surface area contributed by atoms with Crippen LogP contribution >= 0.6 is 0 Å². The number of benzene rings is 3. The SMILES string of the molecule is CN1CCN(C(=O)N2CCC(c3nc(-c4cc5ccccc5[nH]4)c4c(N)nccn34)CC2)CC1.Nc1nccn2c(C3CCN(C(=O)N4CCOCC4)CC3)nc(-c3cc4ccccc4[nH]3)c12.Nc1nccn2c(C3CCN(C(=O)Nc4cccnc4)CC3)nc(-c3cc4ccccc4[nH]3)c12. The zero-order chi connectivity index (χ0) is 68.7. The second kappa shape index (κ2) is 27.6. The van der Waals surface area contributed by atoms with Gasteiger partial charge in [-0.3, -0.25) is 18.2 Å². The number of imidazole rings is 3. The summed E-state index contributed by atoms with van der Waals surface area (Å²) in [5.74, 6) is 5.00. The maximum Gasteiger partial charge on any atom is 0.321 e. The van der Waals surface area contributed by atoms with Gasteiger partial charge >= 0.3 is 18.1 Å². The number of likely N-dealkylation sites (tertiary alicyclic amines) is 3. The van der Waals surface area contributed by atoms with Crippen LogP contribution in [0, 0.1) is 0 Å². The summed E-state index contributed by atoms with van der Waals surface area (Å²) >= 11 is 0. The number of urea groups is 3. The molecule has 0 atom stereocenters. The van der Waals surface area contributed by atoms with E-state index in [2.05, 4.69) is 114 Å². The van der Waals surface area contributed by atoms with Crippen molar-refractivity contribution in [3.8, 4) is 34.2 Å². The zero-order valence-corrected chi connectivity index (χ0v) is 56.3. The monoisotopic (exact) mass is 1360 g/mol. The van der Waals surface area contributed by atoms with Crippen LogP contribution in [0.25, 0.3) is 83.4 Å². The summed E-state index contributed by atoms with van der Waals surface area (Å²) in [5, 5.41) is 6.31. The highest BCUT2D eigenvalue weighted by Crippen LogP contribution is 2.40. The summed E-state index contributed by atoms with van der Waals surface area (Å²) in [7, 11) is 2.11. The molecule has 10 aromatic heterocycles. The minimum absolute atomic E-state index is 0.105. The van der Waals surface area contributed by atoms with E-state index in [1.54, 1.807) is 37.1 Å². The van der Waals surface area contributed by atoms with Gasteiger partial charge in [0.05, 0.1) is 42.2 Å². The number of ether oxygens (including phenoxy) is 1. The van der Waals surface area contributed by atoms with Gasteiger partial charge in [-0.05, 0) is 94.1 Å². The van der Waals surface area contributed by atoms with Crippen LogP contribution in [0.15, 0.2) is 153 Å². The number of amides is 6. The Kier molecular flexibility index (Phi) is 17.5. The van der Waals surface area contributed by atoms with E-state index in [9.17, 15) is 14.4 Å². The van der Waals surface area contributed by atoms with Crippen LogP contribution in [-0.4, -0.2) is 209 Å². The average molecular weight is 1360 g/mol. The fourth-order valence-corrected chi connectivity index (χ4v) is 15.1. The largest absolute Gasteiger partial charge is 0.382 e. The van der Waals surface area contributed by atoms with E-state index in [0.29, 0.717) is 62.5 Å². The second-order valence-electron chi connectivity index (χ2n) is 26.8. The fraction of sp³-hybridized carbons (Fsp3) is 0.324. The predicted molar refractivity (Wildman–Crippen MR) is 390 cm³/mol. The van der Waals surface area contributed by atoms with Gasteiger partial charge in [0.15, 0.2) is 0 Å². The number of nitrogens with two attached hydrogens (primary N) is 3. The van der Waals surface area contributed by atoms with Gasteiger partial charge in [-0.1, -0.05) is 54.6 Å². The van der Waals surface area contributed by atoms with E-state index in [0.717, 1.165) is 192 Å². The Morgan fingerprint density at radius 2 is 0.812 bits per heavy atom. The molecular formula is C74H81N23O4. The summed E-state index contributed by atoms with van der Waals surface area (Å²) in [4.78, 5) is 93.3. The molecule has 18 rings (SSSR count). The summed E-state index contributed by atoms with van der Waals surface area (Å²) in [6.07, 6.45) is 19.4. The van der Waals surface area contributed by atoms with Crippen molar-refractivity contribution in [2.75, 3.05) is 121 Å². The first kappa shape index (κ1) is 64.1. The number of carbonyl (C=O) groups is 3. The van der Waals surface area contributed by atoms with Crippen molar-refractivity contribution in [1.82, 2.24) is 92.4 Å². The Bertz CT molecular complexity index is 5050. The minimum atomic E-state index is -0.105. The number of H-pyrrole nitrogens is 3. The van der Waals surface area contributed by atoms with Gasteiger partial charge in [-0.2, -0.15) is 0 Å². The molecule has 101 heavy (non-hydrogen) atoms. The van der Waals surface area contributed by atoms with Crippen LogP contribution in [-0.2, 0) is 4.74 Å². The molecule has 15 heterocycles. The van der Waals surface area contributed by atoms with Crippen LogP contribution in [0.2, 0.25) is 0 Å². The molecule has 5 fully saturated rings. The van der Waals surface area contributed by atoms with E-state index in [1.807, 2.05) is 91.6 Å². The summed E-state index contributed by atoms with van der Waals surface area (Å²) in [6, 6.07) is 34.7. The topological polar surface area (TPSA) is 321 Å². The van der Waals surface area contributed by atoms with E-state index in [4.69, 9.17) is 36.9 Å². The first-order valence-electron chi connectivity index (χ1n) is 34.9. The molecule has 0 spiro atoms. The van der Waals surface area contributed by atoms with Gasteiger partial charge in [0.2, 0.25) is 0 Å². The molecule has 27 heteroatoms. The number of piperidine rings is 3. The quantitative estimate of drug-likeness (QED) is 0.0780. The third-order valence-corrected chi connectivity index (χ3v) is 20.6. The first-order valence-corrected chi connectivity index (χ1v) is 34.9. The molecule has 27 nitrogen and oxygen atoms in total. The van der Waals surface area contributed by atoms with Crippen LogP contribution in [0.5, 0.6) is 0 Å². The number of hydrogen-bond acceptors (Lipinski definition) is 15. The highest BCUT2D eigenvalue weighted by atomic mass is 16.5. The lowest BCUT2D eigenvalue weighted by atomic mass is 9.96. The number of carbonyl (C=O) groups excluding carboxylic acids is 3. The molecule has 10 N–H and O–H groups in total. The number of likely N-dealkylation sites (N-methyl/N-ethyl adjacent to an activating group) is 1. The number of hydrogen-bond donors (Lipinski definition) is 7. The van der Waals surface area contributed by atoms with E-state index in [-0.39, 0.29) is 35.8 Å². The number of fused-ring (bicyclic) bond motifs is 6. The third kappa shape index (κ3) is 12.8. The van der Waals surface area contributed by atoms with Gasteiger partial charge in [0.1, 0.15) is 68.6 Å². The molecule has 0 aliphatic carbocycles. The van der Waals surface area contributed by atoms with Crippen LogP contribution in [0.4, 0.5) is 37.5 Å². The smallest absolute Gasteiger partial charge is 0.321 e. The zero-order valence-electron chi connectivity index (χ0n) is 56.3. The van der Waals surface area contributed by atoms with Gasteiger partial charge in [0.25, 0.3) is 0 Å². The van der Waals surface area contributed by atoms with Crippen LogP contribution < -0.4 is 22.5 Å². The number of nitrogens with one attached hydrogen (secondary N) is 4. The van der Waals surface area contributed by atoms with E-state index >= 15 is 0 Å². The van der Waals surface area contributed by atoms with Crippen molar-refractivity contribution in [2.45, 2.75) is 56.3 Å². The number of pyridine rings is 1. The van der Waals surface area contributed by atoms with E-state index in [1.165, 1.54) is 0 Å². The minimum Gasteiger partial charge on any atom is -0.382 e. The Morgan fingerprint density at radius 1 is 0.446 bits per heavy atom. The predicted octanol–water partition coefficient (Wildman–Crippen LogP) is 10.4. The number of nitrogen functional groups attached to an aromatic ring is 3. The second-order valence-corrected chi connectivity index (χ2v) is 26.8. The number of piperazine rings is 1. The Hall–Kier alpha value is -11.6. The van der Waals surface area contributed by atoms with Gasteiger partial charge in [-0.15, -0.1) is 0 Å². The number of aromatic amines is 3. The molecule has 5 saturated heterocycles. The first-order chi connectivity index (χ1) is 49.4. The van der Waals surface area contributed by atoms with Crippen LogP contribution in [0.3, 0.4) is 0 Å². The number of anilines is 4. The lowest BCUT2D eigenvalue weighted by Gasteiger charge is -2.38. The lowest BCUT2D eigenvalue weighted by Crippen LogP contribution is -2.53. The normalized spacial score (nSPS) is 16.9. The van der Waals surface area contributed by atoms with Crippen molar-refractivity contribution >= 4 is 90.5 Å². The Balaban J connectivity index is 0.000000118. The van der Waals surface area contributed by atoms with Crippen molar-refractivity contribution in [3.63, 3.8) is 0 Å². The average Bonchev–Trinajstić information content (AvgIpc) is 1.62. The van der Waals surface area contributed by atoms with Crippen molar-refractivity contribution < 1.29 is 19.1 Å². The molecule has 5 aliphatic rings. The molecule has 0 radical (unpaired) electrons. The lowest BCUT2D eigenvalue weighted by molar-refractivity contribution is 0.0410. The Morgan fingerprint density at radius 3 is 1.19 bits per heavy atom. The number of nitrogens with zero attached hydrogens (tertiary/aromatic N) is 16. The summed E-state index contributed by atoms with van der Waals surface area (Å²) < 4.78 is 11.6. The fourth-order valence-electron chi connectivity index (χ4n) is 15.1. The van der Waals surface area contributed by atoms with Crippen LogP contribution in [0.1, 0.15) is 73.8 Å². The standard InChI is InChI=1S/C25H30N8O.C25H24N8O.C24H27N7O2/c1-30-12-14-32(15-13-30)25(34)31-9-6-17(7-10-31)24-29-21(22-23(26)27-8-11-33(22)24)20-16-18-4-2-3-5-19(18)28-20;26-23-22-21(20-14-17-4-1-2-6-19(17)30-20)31-24(33(22)13-10-28-23)16-7-11-32(12-8-16)25(34)29-18-5-3-9-27-15-18;25-22-21-20(19-15-17-3-1-2-4-18(17)27-19)28-23(31(21)10-7-26-22)16-5-8-29(9-6-16)24(32)30-11-13-33-14-12-30/h2-5,8,11,16-17,28H,6-7,9-10,12-15H2,1H3,(H2,26,27);1-6,9-10,13-16,30H,7-8,11-12H2,(H2,26,28)(H,29,34);1-4,7,10,15-16,27H,5-6,8-9,11-14H2,(H2,25,26). The summed E-state index contributed by atoms with van der Waals surface area (Å²) in [5.41, 5.74) is 30.5. The molecule has 0 bridgehead atoms. The number of rotatable bonds is 7. The van der Waals surface area contributed by atoms with Gasteiger partial charge < -0.3 is 71.6 Å². The highest BCUT2D eigenvalue weighted by Gasteiger charge is 2.35. The van der Waals surface area contributed by atoms with Gasteiger partial charge in [-0.25, -0.2) is 44.3 Å². The summed E-state index contributed by atoms with van der Waals surface area (Å²) in [6.45, 7) is 10.3. The molecule has 6 amide bonds. The molecule has 516 valence electrons. The van der Waals surface area contributed by atoms with Gasteiger partial charge in [0, 0.05) is 172 Å². The molecule has 3 aromatic carbocycles. The van der Waals surface area contributed by atoms with E-state index < -0.39 is 0 Å². The molecule has 5 aliphatic heterocycles. The highest BCUT2D eigenvalue weighted by molar-refractivity contribution is 5.94. The maximum atomic E-state index is 13.0. The van der Waals surface area contributed by atoms with Crippen molar-refractivity contribution in [3.05, 3.63) is 170 Å². The van der Waals surface area contributed by atoms with Crippen molar-refractivity contribution in [2.24, 2.45) is 0 Å². The molecule has 0 saturated carbocycles.